The number of rotatable bonds is 3. The lowest BCUT2D eigenvalue weighted by Gasteiger charge is -2.06. The molecule has 0 aliphatic carbocycles. The second-order valence-corrected chi connectivity index (χ2v) is 3.58. The highest BCUT2D eigenvalue weighted by Gasteiger charge is 2.14. The van der Waals surface area contributed by atoms with Crippen LogP contribution in [0.5, 0.6) is 0 Å². The molecule has 0 saturated carbocycles. The quantitative estimate of drug-likeness (QED) is 0.664. The zero-order chi connectivity index (χ0) is 13.1. The van der Waals surface area contributed by atoms with E-state index in [1.54, 1.807) is 30.3 Å². The molecule has 0 fully saturated rings. The molecule has 0 unspecified atom stereocenters. The molecular weight excluding hydrogens is 232 g/mol. The normalized spacial score (nSPS) is 10.0. The summed E-state index contributed by atoms with van der Waals surface area (Å²) in [5, 5.41) is 10.1. The van der Waals surface area contributed by atoms with Crippen LogP contribution in [-0.4, -0.2) is 17.0 Å². The van der Waals surface area contributed by atoms with Crippen molar-refractivity contribution in [3.63, 3.8) is 0 Å². The summed E-state index contributed by atoms with van der Waals surface area (Å²) in [6.07, 6.45) is 1.04. The molecule has 4 heteroatoms. The van der Waals surface area contributed by atoms with Crippen LogP contribution in [0.25, 0.3) is 10.8 Å². The van der Waals surface area contributed by atoms with Crippen molar-refractivity contribution in [2.45, 2.75) is 0 Å². The molecule has 4 nitrogen and oxygen atoms in total. The third kappa shape index (κ3) is 1.96. The third-order valence-corrected chi connectivity index (χ3v) is 2.56. The number of carboxylic acid groups (broad SMARTS) is 1. The SMILES string of the molecule is C=COC(=O)c1cccc2c(C(=O)O)cccc12. The summed E-state index contributed by atoms with van der Waals surface area (Å²) in [4.78, 5) is 22.8. The van der Waals surface area contributed by atoms with E-state index in [2.05, 4.69) is 6.58 Å². The van der Waals surface area contributed by atoms with Crippen LogP contribution in [0.3, 0.4) is 0 Å². The molecule has 0 atom stereocenters. The summed E-state index contributed by atoms with van der Waals surface area (Å²) in [7, 11) is 0. The second-order valence-electron chi connectivity index (χ2n) is 3.58. The van der Waals surface area contributed by atoms with Gasteiger partial charge >= 0.3 is 11.9 Å². The molecule has 2 rings (SSSR count). The molecule has 0 amide bonds. The van der Waals surface area contributed by atoms with E-state index in [-0.39, 0.29) is 5.56 Å². The number of fused-ring (bicyclic) bond motifs is 1. The zero-order valence-electron chi connectivity index (χ0n) is 9.42. The van der Waals surface area contributed by atoms with E-state index in [9.17, 15) is 9.59 Å². The number of esters is 1. The fourth-order valence-electron chi connectivity index (χ4n) is 1.81. The standard InChI is InChI=1S/C14H10O4/c1-2-18-14(17)12-8-4-5-9-10(12)6-3-7-11(9)13(15)16/h2-8H,1H2,(H,15,16). The summed E-state index contributed by atoms with van der Waals surface area (Å²) >= 11 is 0. The average molecular weight is 242 g/mol. The molecule has 0 radical (unpaired) electrons. The van der Waals surface area contributed by atoms with E-state index in [0.717, 1.165) is 6.26 Å². The topological polar surface area (TPSA) is 63.6 Å². The molecule has 0 bridgehead atoms. The minimum atomic E-state index is -1.03. The van der Waals surface area contributed by atoms with Gasteiger partial charge in [-0.1, -0.05) is 30.8 Å². The Hall–Kier alpha value is -2.62. The van der Waals surface area contributed by atoms with Gasteiger partial charge in [-0.25, -0.2) is 9.59 Å². The molecule has 18 heavy (non-hydrogen) atoms. The Morgan fingerprint density at radius 1 is 1.06 bits per heavy atom. The maximum atomic E-state index is 11.7. The Morgan fingerprint density at radius 3 is 2.17 bits per heavy atom. The Balaban J connectivity index is 2.71. The number of benzene rings is 2. The summed E-state index contributed by atoms with van der Waals surface area (Å²) in [6.45, 7) is 3.31. The van der Waals surface area contributed by atoms with Crippen LogP contribution in [0.1, 0.15) is 20.7 Å². The summed E-state index contributed by atoms with van der Waals surface area (Å²) in [6, 6.07) is 9.63. The molecule has 0 aliphatic heterocycles. The lowest BCUT2D eigenvalue weighted by Crippen LogP contribution is -2.03. The predicted molar refractivity (Wildman–Crippen MR) is 66.5 cm³/mol. The number of hydrogen-bond acceptors (Lipinski definition) is 3. The first kappa shape index (κ1) is 11.9. The minimum absolute atomic E-state index is 0.153. The molecule has 0 aliphatic rings. The summed E-state index contributed by atoms with van der Waals surface area (Å²) in [5.41, 5.74) is 0.469. The van der Waals surface area contributed by atoms with Gasteiger partial charge in [0, 0.05) is 0 Å². The van der Waals surface area contributed by atoms with Gasteiger partial charge in [0.15, 0.2) is 0 Å². The number of ether oxygens (including phenoxy) is 1. The van der Waals surface area contributed by atoms with E-state index < -0.39 is 11.9 Å². The summed E-state index contributed by atoms with van der Waals surface area (Å²) in [5.74, 6) is -1.59. The van der Waals surface area contributed by atoms with Crippen molar-refractivity contribution in [3.8, 4) is 0 Å². The highest BCUT2D eigenvalue weighted by Crippen LogP contribution is 2.23. The molecule has 2 aromatic rings. The molecule has 90 valence electrons. The van der Waals surface area contributed by atoms with E-state index in [0.29, 0.717) is 16.3 Å². The van der Waals surface area contributed by atoms with Gasteiger partial charge in [0.05, 0.1) is 17.4 Å². The van der Waals surface area contributed by atoms with E-state index in [1.807, 2.05) is 0 Å². The molecule has 0 saturated heterocycles. The van der Waals surface area contributed by atoms with Gasteiger partial charge < -0.3 is 9.84 Å². The first-order valence-corrected chi connectivity index (χ1v) is 5.22. The smallest absolute Gasteiger partial charge is 0.343 e. The van der Waals surface area contributed by atoms with Crippen LogP contribution in [0.15, 0.2) is 49.2 Å². The van der Waals surface area contributed by atoms with Crippen LogP contribution in [-0.2, 0) is 4.74 Å². The van der Waals surface area contributed by atoms with Gasteiger partial charge in [0.2, 0.25) is 0 Å². The molecule has 0 spiro atoms. The Bertz CT molecular complexity index is 643. The van der Waals surface area contributed by atoms with Crippen LogP contribution < -0.4 is 0 Å². The number of carbonyl (C=O) groups is 2. The number of carbonyl (C=O) groups excluding carboxylic acids is 1. The largest absolute Gasteiger partial charge is 0.478 e. The van der Waals surface area contributed by atoms with Crippen molar-refractivity contribution in [1.82, 2.24) is 0 Å². The second kappa shape index (κ2) is 4.71. The fraction of sp³-hybridized carbons (Fsp3) is 0. The monoisotopic (exact) mass is 242 g/mol. The van der Waals surface area contributed by atoms with Crippen LogP contribution >= 0.6 is 0 Å². The fourth-order valence-corrected chi connectivity index (χ4v) is 1.81. The maximum absolute atomic E-state index is 11.7. The zero-order valence-corrected chi connectivity index (χ0v) is 9.42. The Morgan fingerprint density at radius 2 is 1.61 bits per heavy atom. The van der Waals surface area contributed by atoms with Gasteiger partial charge in [-0.3, -0.25) is 0 Å². The minimum Gasteiger partial charge on any atom is -0.478 e. The third-order valence-electron chi connectivity index (χ3n) is 2.56. The maximum Gasteiger partial charge on any atom is 0.343 e. The molecular formula is C14H10O4. The van der Waals surface area contributed by atoms with Gasteiger partial charge in [0.1, 0.15) is 0 Å². The van der Waals surface area contributed by atoms with Gasteiger partial charge in [0.25, 0.3) is 0 Å². The van der Waals surface area contributed by atoms with Gasteiger partial charge in [-0.2, -0.15) is 0 Å². The van der Waals surface area contributed by atoms with Gasteiger partial charge in [-0.15, -0.1) is 0 Å². The van der Waals surface area contributed by atoms with Crippen molar-refractivity contribution in [3.05, 3.63) is 60.4 Å². The van der Waals surface area contributed by atoms with E-state index >= 15 is 0 Å². The Kier molecular flexibility index (Phi) is 3.10. The summed E-state index contributed by atoms with van der Waals surface area (Å²) < 4.78 is 4.71. The van der Waals surface area contributed by atoms with E-state index in [1.165, 1.54) is 6.07 Å². The molecule has 2 aromatic carbocycles. The van der Waals surface area contributed by atoms with Gasteiger partial charge in [-0.05, 0) is 22.9 Å². The van der Waals surface area contributed by atoms with Crippen molar-refractivity contribution in [2.75, 3.05) is 0 Å². The molecule has 1 N–H and O–H groups in total. The first-order chi connectivity index (χ1) is 8.65. The van der Waals surface area contributed by atoms with Crippen molar-refractivity contribution >= 4 is 22.7 Å². The molecule has 0 aromatic heterocycles. The highest BCUT2D eigenvalue weighted by atomic mass is 16.5. The highest BCUT2D eigenvalue weighted by molar-refractivity contribution is 6.10. The van der Waals surface area contributed by atoms with Crippen LogP contribution in [0, 0.1) is 0 Å². The lowest BCUT2D eigenvalue weighted by molar-refractivity contribution is 0.0662. The van der Waals surface area contributed by atoms with E-state index in [4.69, 9.17) is 9.84 Å². The Labute approximate surface area is 103 Å². The van der Waals surface area contributed by atoms with Crippen molar-refractivity contribution < 1.29 is 19.4 Å². The van der Waals surface area contributed by atoms with Crippen molar-refractivity contribution in [1.29, 1.82) is 0 Å². The average Bonchev–Trinajstić information content (AvgIpc) is 2.37. The first-order valence-electron chi connectivity index (χ1n) is 5.22. The van der Waals surface area contributed by atoms with Crippen LogP contribution in [0.4, 0.5) is 0 Å². The van der Waals surface area contributed by atoms with Crippen LogP contribution in [0.2, 0.25) is 0 Å². The number of aromatic carboxylic acids is 1. The number of carboxylic acids is 1. The van der Waals surface area contributed by atoms with Crippen molar-refractivity contribution in [2.24, 2.45) is 0 Å². The number of hydrogen-bond donors (Lipinski definition) is 1. The lowest BCUT2D eigenvalue weighted by atomic mass is 10.0. The predicted octanol–water partition coefficient (Wildman–Crippen LogP) is 2.84. The molecule has 0 heterocycles.